The van der Waals surface area contributed by atoms with Crippen LogP contribution < -0.4 is 5.32 Å². The van der Waals surface area contributed by atoms with Gasteiger partial charge in [0.15, 0.2) is 0 Å². The van der Waals surface area contributed by atoms with Crippen LogP contribution in [0.2, 0.25) is 0 Å². The van der Waals surface area contributed by atoms with Gasteiger partial charge in [-0.15, -0.1) is 0 Å². The minimum Gasteiger partial charge on any atom is -0.311 e. The normalized spacial score (nSPS) is 30.9. The predicted octanol–water partition coefficient (Wildman–Crippen LogP) is 3.93. The third-order valence-electron chi connectivity index (χ3n) is 4.32. The van der Waals surface area contributed by atoms with Crippen LogP contribution in [0.3, 0.4) is 0 Å². The van der Waals surface area contributed by atoms with Gasteiger partial charge in [-0.3, -0.25) is 0 Å². The van der Waals surface area contributed by atoms with E-state index in [1.54, 1.807) is 0 Å². The maximum absolute atomic E-state index is 3.79. The third kappa shape index (κ3) is 2.55. The Morgan fingerprint density at radius 2 is 2.11 bits per heavy atom. The Hall–Kier alpha value is -0.600. The van der Waals surface area contributed by atoms with Crippen molar-refractivity contribution >= 4 is 15.9 Å². The molecule has 1 nitrogen and oxygen atoms in total. The Kier molecular flexibility index (Phi) is 3.58. The molecule has 4 atom stereocenters. The second-order valence-corrected chi connectivity index (χ2v) is 6.66. The molecule has 1 N–H and O–H groups in total. The lowest BCUT2D eigenvalue weighted by Crippen LogP contribution is -2.51. The average Bonchev–Trinajstić information content (AvgIpc) is 2.71. The van der Waals surface area contributed by atoms with E-state index in [0.717, 1.165) is 28.8 Å². The highest BCUT2D eigenvalue weighted by Gasteiger charge is 2.41. The number of hydrogen-bond donors (Lipinski definition) is 1. The van der Waals surface area contributed by atoms with Crippen molar-refractivity contribution in [2.75, 3.05) is 0 Å². The monoisotopic (exact) mass is 305 g/mol. The van der Waals surface area contributed by atoms with Gasteiger partial charge in [0, 0.05) is 16.6 Å². The summed E-state index contributed by atoms with van der Waals surface area (Å²) in [7, 11) is 0. The Labute approximate surface area is 118 Å². The van der Waals surface area contributed by atoms with Crippen molar-refractivity contribution in [1.29, 1.82) is 0 Å². The van der Waals surface area contributed by atoms with E-state index in [2.05, 4.69) is 64.6 Å². The maximum Gasteiger partial charge on any atom is 0.0175 e. The molecule has 0 aromatic heterocycles. The van der Waals surface area contributed by atoms with Gasteiger partial charge in [0.2, 0.25) is 0 Å². The van der Waals surface area contributed by atoms with Crippen LogP contribution in [0.15, 0.2) is 40.9 Å². The number of halogens is 1. The van der Waals surface area contributed by atoms with Crippen molar-refractivity contribution in [2.24, 2.45) is 11.8 Å². The fraction of sp³-hybridized carbons (Fsp3) is 0.500. The zero-order chi connectivity index (χ0) is 12.5. The van der Waals surface area contributed by atoms with Crippen LogP contribution in [0.25, 0.3) is 0 Å². The highest BCUT2D eigenvalue weighted by atomic mass is 79.9. The van der Waals surface area contributed by atoms with Crippen LogP contribution in [0.5, 0.6) is 0 Å². The Balaban J connectivity index is 1.51. The summed E-state index contributed by atoms with van der Waals surface area (Å²) in [6.45, 7) is 2.30. The molecule has 4 unspecified atom stereocenters. The molecule has 0 spiro atoms. The summed E-state index contributed by atoms with van der Waals surface area (Å²) in [5, 5.41) is 3.79. The van der Waals surface area contributed by atoms with Crippen molar-refractivity contribution in [2.45, 2.75) is 38.3 Å². The van der Waals surface area contributed by atoms with Gasteiger partial charge >= 0.3 is 0 Å². The quantitative estimate of drug-likeness (QED) is 0.831. The summed E-state index contributed by atoms with van der Waals surface area (Å²) >= 11 is 3.48. The molecule has 1 fully saturated rings. The minimum absolute atomic E-state index is 0.561. The molecule has 96 valence electrons. The second-order valence-electron chi connectivity index (χ2n) is 5.74. The molecule has 0 amide bonds. The second kappa shape index (κ2) is 5.18. The van der Waals surface area contributed by atoms with E-state index in [9.17, 15) is 0 Å². The van der Waals surface area contributed by atoms with Gasteiger partial charge in [-0.25, -0.2) is 0 Å². The first-order valence-electron chi connectivity index (χ1n) is 6.89. The Morgan fingerprint density at radius 1 is 1.33 bits per heavy atom. The summed E-state index contributed by atoms with van der Waals surface area (Å²) in [6.07, 6.45) is 8.56. The summed E-state index contributed by atoms with van der Waals surface area (Å²) in [6, 6.07) is 9.95. The van der Waals surface area contributed by atoms with E-state index in [4.69, 9.17) is 0 Å². The van der Waals surface area contributed by atoms with Crippen molar-refractivity contribution < 1.29 is 0 Å². The molecular formula is C16H20BrN. The van der Waals surface area contributed by atoms with Crippen molar-refractivity contribution in [1.82, 2.24) is 5.32 Å². The first-order chi connectivity index (χ1) is 8.72. The number of fused-ring (bicyclic) bond motifs is 1. The molecule has 1 saturated carbocycles. The first kappa shape index (κ1) is 12.4. The topological polar surface area (TPSA) is 12.0 Å². The van der Waals surface area contributed by atoms with E-state index >= 15 is 0 Å². The summed E-state index contributed by atoms with van der Waals surface area (Å²) in [4.78, 5) is 0. The fourth-order valence-corrected chi connectivity index (χ4v) is 3.57. The lowest BCUT2D eigenvalue weighted by Gasteiger charge is -2.42. The molecule has 2 heteroatoms. The lowest BCUT2D eigenvalue weighted by atomic mass is 9.71. The molecule has 0 aliphatic heterocycles. The van der Waals surface area contributed by atoms with Gasteiger partial charge in [0.1, 0.15) is 0 Å². The average molecular weight is 306 g/mol. The summed E-state index contributed by atoms with van der Waals surface area (Å²) in [5.41, 5.74) is 1.41. The van der Waals surface area contributed by atoms with Crippen LogP contribution in [0.4, 0.5) is 0 Å². The van der Waals surface area contributed by atoms with Crippen molar-refractivity contribution in [3.8, 4) is 0 Å². The van der Waals surface area contributed by atoms with Gasteiger partial charge in [-0.05, 0) is 55.7 Å². The van der Waals surface area contributed by atoms with Crippen LogP contribution in [0.1, 0.15) is 25.3 Å². The largest absolute Gasteiger partial charge is 0.311 e. The number of nitrogens with one attached hydrogen (secondary N) is 1. The number of hydrogen-bond acceptors (Lipinski definition) is 1. The summed E-state index contributed by atoms with van der Waals surface area (Å²) in [5.74, 6) is 1.76. The van der Waals surface area contributed by atoms with Gasteiger partial charge in [-0.2, -0.15) is 0 Å². The predicted molar refractivity (Wildman–Crippen MR) is 79.6 cm³/mol. The molecule has 1 aromatic carbocycles. The summed E-state index contributed by atoms with van der Waals surface area (Å²) < 4.78 is 1.16. The molecule has 2 aliphatic carbocycles. The smallest absolute Gasteiger partial charge is 0.0175 e. The van der Waals surface area contributed by atoms with E-state index in [1.807, 2.05) is 0 Å². The van der Waals surface area contributed by atoms with E-state index in [0.29, 0.717) is 6.04 Å². The fourth-order valence-electron chi connectivity index (χ4n) is 3.31. The lowest BCUT2D eigenvalue weighted by molar-refractivity contribution is 0.152. The molecule has 0 bridgehead atoms. The third-order valence-corrected chi connectivity index (χ3v) is 4.85. The van der Waals surface area contributed by atoms with Crippen molar-refractivity contribution in [3.63, 3.8) is 0 Å². The van der Waals surface area contributed by atoms with Gasteiger partial charge in [-0.1, -0.05) is 40.2 Å². The Morgan fingerprint density at radius 3 is 2.83 bits per heavy atom. The zero-order valence-corrected chi connectivity index (χ0v) is 12.4. The molecule has 1 aromatic rings. The highest BCUT2D eigenvalue weighted by molar-refractivity contribution is 9.10. The first-order valence-corrected chi connectivity index (χ1v) is 7.69. The minimum atomic E-state index is 0.561. The molecule has 0 heterocycles. The van der Waals surface area contributed by atoms with Gasteiger partial charge in [0.05, 0.1) is 0 Å². The van der Waals surface area contributed by atoms with Crippen LogP contribution >= 0.6 is 15.9 Å². The van der Waals surface area contributed by atoms with E-state index < -0.39 is 0 Å². The number of allylic oxidation sites excluding steroid dienone is 1. The zero-order valence-electron chi connectivity index (χ0n) is 10.8. The number of benzene rings is 1. The SMILES string of the molecule is CC(Cc1ccc(Br)cc1)NC1CC2CC=CC21. The molecule has 0 radical (unpaired) electrons. The van der Waals surface area contributed by atoms with Crippen molar-refractivity contribution in [3.05, 3.63) is 46.5 Å². The molecule has 2 aliphatic rings. The number of rotatable bonds is 4. The molecule has 0 saturated heterocycles. The molecule has 3 rings (SSSR count). The van der Waals surface area contributed by atoms with E-state index in [-0.39, 0.29) is 0 Å². The van der Waals surface area contributed by atoms with Gasteiger partial charge < -0.3 is 5.32 Å². The van der Waals surface area contributed by atoms with Crippen LogP contribution in [0, 0.1) is 11.8 Å². The van der Waals surface area contributed by atoms with Gasteiger partial charge in [0.25, 0.3) is 0 Å². The van der Waals surface area contributed by atoms with Crippen LogP contribution in [-0.2, 0) is 6.42 Å². The molecular weight excluding hydrogens is 286 g/mol. The van der Waals surface area contributed by atoms with Crippen LogP contribution in [-0.4, -0.2) is 12.1 Å². The van der Waals surface area contributed by atoms with E-state index in [1.165, 1.54) is 18.4 Å². The standard InChI is InChI=1S/C16H20BrN/c1-11(9-12-5-7-14(17)8-6-12)18-16-10-13-3-2-4-15(13)16/h2,4-8,11,13,15-16,18H,3,9-10H2,1H3. The Bertz CT molecular complexity index is 437. The highest BCUT2D eigenvalue weighted by Crippen LogP contribution is 2.42. The maximum atomic E-state index is 3.79. The molecule has 18 heavy (non-hydrogen) atoms.